The molecule has 0 atom stereocenters. The maximum absolute atomic E-state index is 11.5. The van der Waals surface area contributed by atoms with Gasteiger partial charge in [-0.2, -0.15) is 0 Å². The number of hydrogen-bond acceptors (Lipinski definition) is 5. The minimum Gasteiger partial charge on any atom is -0.465 e. The van der Waals surface area contributed by atoms with Crippen molar-refractivity contribution >= 4 is 17.7 Å². The Morgan fingerprint density at radius 3 is 2.94 bits per heavy atom. The van der Waals surface area contributed by atoms with Crippen LogP contribution in [0.3, 0.4) is 0 Å². The predicted molar refractivity (Wildman–Crippen MR) is 58.4 cm³/mol. The zero-order chi connectivity index (χ0) is 11.4. The Morgan fingerprint density at radius 2 is 2.25 bits per heavy atom. The van der Waals surface area contributed by atoms with Gasteiger partial charge in [0.25, 0.3) is 5.22 Å². The van der Waals surface area contributed by atoms with Gasteiger partial charge in [0.2, 0.25) is 0 Å². The zero-order valence-electron chi connectivity index (χ0n) is 8.54. The van der Waals surface area contributed by atoms with Gasteiger partial charge in [0.1, 0.15) is 6.26 Å². The quantitative estimate of drug-likeness (QED) is 0.765. The molecule has 2 aromatic rings. The lowest BCUT2D eigenvalue weighted by molar-refractivity contribution is 0.0597. The Morgan fingerprint density at radius 1 is 1.44 bits per heavy atom. The first-order valence-corrected chi connectivity index (χ1v) is 5.37. The standard InChI is InChI=1S/C11H9NO3S/c1-14-10(13)8-4-2-3-5-9(8)16-11-12-6-7-15-11/h2-7H,1H3. The fourth-order valence-electron chi connectivity index (χ4n) is 1.19. The van der Waals surface area contributed by atoms with E-state index in [1.807, 2.05) is 12.1 Å². The van der Waals surface area contributed by atoms with Crippen LogP contribution in [-0.4, -0.2) is 18.1 Å². The van der Waals surface area contributed by atoms with Crippen LogP contribution in [0.5, 0.6) is 0 Å². The molecular formula is C11H9NO3S. The molecule has 2 rings (SSSR count). The molecule has 0 aliphatic rings. The molecule has 0 amide bonds. The van der Waals surface area contributed by atoms with Crippen LogP contribution in [0, 0.1) is 0 Å². The summed E-state index contributed by atoms with van der Waals surface area (Å²) >= 11 is 1.29. The number of rotatable bonds is 3. The van der Waals surface area contributed by atoms with E-state index in [-0.39, 0.29) is 5.97 Å². The molecule has 1 aromatic heterocycles. The van der Waals surface area contributed by atoms with Gasteiger partial charge in [-0.15, -0.1) is 0 Å². The van der Waals surface area contributed by atoms with Gasteiger partial charge >= 0.3 is 5.97 Å². The highest BCUT2D eigenvalue weighted by Gasteiger charge is 2.13. The second-order valence-corrected chi connectivity index (χ2v) is 3.88. The molecule has 0 aliphatic heterocycles. The molecule has 5 heteroatoms. The monoisotopic (exact) mass is 235 g/mol. The molecule has 1 aromatic carbocycles. The van der Waals surface area contributed by atoms with E-state index < -0.39 is 0 Å². The van der Waals surface area contributed by atoms with Crippen LogP contribution in [0.2, 0.25) is 0 Å². The minimum atomic E-state index is -0.366. The van der Waals surface area contributed by atoms with Gasteiger partial charge in [-0.05, 0) is 23.9 Å². The van der Waals surface area contributed by atoms with Crippen molar-refractivity contribution in [1.82, 2.24) is 4.98 Å². The molecule has 0 aliphatic carbocycles. The summed E-state index contributed by atoms with van der Waals surface area (Å²) in [4.78, 5) is 16.2. The number of carbonyl (C=O) groups excluding carboxylic acids is 1. The molecular weight excluding hydrogens is 226 g/mol. The molecule has 82 valence electrons. The lowest BCUT2D eigenvalue weighted by Crippen LogP contribution is -2.02. The maximum atomic E-state index is 11.5. The predicted octanol–water partition coefficient (Wildman–Crippen LogP) is 2.61. The SMILES string of the molecule is COC(=O)c1ccccc1Sc1ncco1. The van der Waals surface area contributed by atoms with Crippen molar-refractivity contribution in [1.29, 1.82) is 0 Å². The largest absolute Gasteiger partial charge is 0.465 e. The van der Waals surface area contributed by atoms with E-state index in [1.165, 1.54) is 25.1 Å². The summed E-state index contributed by atoms with van der Waals surface area (Å²) in [5, 5.41) is 0.497. The smallest absolute Gasteiger partial charge is 0.339 e. The molecule has 0 saturated carbocycles. The summed E-state index contributed by atoms with van der Waals surface area (Å²) in [7, 11) is 1.36. The van der Waals surface area contributed by atoms with Gasteiger partial charge in [0.15, 0.2) is 0 Å². The van der Waals surface area contributed by atoms with Crippen molar-refractivity contribution in [3.8, 4) is 0 Å². The van der Waals surface area contributed by atoms with Gasteiger partial charge in [-0.1, -0.05) is 12.1 Å². The third-order valence-electron chi connectivity index (χ3n) is 1.90. The van der Waals surface area contributed by atoms with Crippen LogP contribution in [0.1, 0.15) is 10.4 Å². The molecule has 0 unspecified atom stereocenters. The molecule has 1 heterocycles. The van der Waals surface area contributed by atoms with Gasteiger partial charge in [0.05, 0.1) is 18.9 Å². The van der Waals surface area contributed by atoms with Crippen molar-refractivity contribution in [2.45, 2.75) is 10.1 Å². The Bertz CT molecular complexity index is 482. The zero-order valence-corrected chi connectivity index (χ0v) is 9.36. The first-order valence-electron chi connectivity index (χ1n) is 4.56. The number of carbonyl (C=O) groups is 1. The lowest BCUT2D eigenvalue weighted by Gasteiger charge is -2.04. The molecule has 4 nitrogen and oxygen atoms in total. The average Bonchev–Trinajstić information content (AvgIpc) is 2.82. The summed E-state index contributed by atoms with van der Waals surface area (Å²) in [6, 6.07) is 7.15. The van der Waals surface area contributed by atoms with Crippen molar-refractivity contribution in [2.24, 2.45) is 0 Å². The summed E-state index contributed by atoms with van der Waals surface area (Å²) in [5.74, 6) is -0.366. The Hall–Kier alpha value is -1.75. The molecule has 0 radical (unpaired) electrons. The van der Waals surface area contributed by atoms with Crippen molar-refractivity contribution < 1.29 is 13.9 Å². The Balaban J connectivity index is 2.30. The number of oxazole rings is 1. The Labute approximate surface area is 96.6 Å². The van der Waals surface area contributed by atoms with Crippen LogP contribution in [0.4, 0.5) is 0 Å². The van der Waals surface area contributed by atoms with Crippen LogP contribution < -0.4 is 0 Å². The van der Waals surface area contributed by atoms with E-state index in [0.717, 1.165) is 4.90 Å². The highest BCUT2D eigenvalue weighted by atomic mass is 32.2. The van der Waals surface area contributed by atoms with E-state index >= 15 is 0 Å². The molecule has 0 fully saturated rings. The second-order valence-electron chi connectivity index (χ2n) is 2.89. The van der Waals surface area contributed by atoms with Gasteiger partial charge in [0, 0.05) is 4.90 Å². The topological polar surface area (TPSA) is 52.3 Å². The summed E-state index contributed by atoms with van der Waals surface area (Å²) in [6.07, 6.45) is 3.05. The van der Waals surface area contributed by atoms with E-state index in [4.69, 9.17) is 9.15 Å². The first-order chi connectivity index (χ1) is 7.81. The highest BCUT2D eigenvalue weighted by Crippen LogP contribution is 2.29. The molecule has 16 heavy (non-hydrogen) atoms. The van der Waals surface area contributed by atoms with E-state index in [0.29, 0.717) is 10.8 Å². The van der Waals surface area contributed by atoms with Gasteiger partial charge < -0.3 is 9.15 Å². The third kappa shape index (κ3) is 2.25. The summed E-state index contributed by atoms with van der Waals surface area (Å²) in [5.41, 5.74) is 0.508. The van der Waals surface area contributed by atoms with Crippen molar-refractivity contribution in [3.05, 3.63) is 42.3 Å². The minimum absolute atomic E-state index is 0.366. The number of esters is 1. The number of nitrogens with zero attached hydrogens (tertiary/aromatic N) is 1. The number of methoxy groups -OCH3 is 1. The van der Waals surface area contributed by atoms with Gasteiger partial charge in [-0.3, -0.25) is 0 Å². The van der Waals surface area contributed by atoms with Gasteiger partial charge in [-0.25, -0.2) is 9.78 Å². The number of aromatic nitrogens is 1. The number of ether oxygens (including phenoxy) is 1. The molecule has 0 bridgehead atoms. The van der Waals surface area contributed by atoms with E-state index in [9.17, 15) is 4.79 Å². The van der Waals surface area contributed by atoms with Crippen molar-refractivity contribution in [2.75, 3.05) is 7.11 Å². The average molecular weight is 235 g/mol. The molecule has 0 saturated heterocycles. The lowest BCUT2D eigenvalue weighted by atomic mass is 10.2. The van der Waals surface area contributed by atoms with E-state index in [1.54, 1.807) is 18.3 Å². The third-order valence-corrected chi connectivity index (χ3v) is 2.85. The highest BCUT2D eigenvalue weighted by molar-refractivity contribution is 7.99. The van der Waals surface area contributed by atoms with E-state index in [2.05, 4.69) is 4.98 Å². The molecule has 0 N–H and O–H groups in total. The fraction of sp³-hybridized carbons (Fsp3) is 0.0909. The molecule has 0 spiro atoms. The van der Waals surface area contributed by atoms with Crippen molar-refractivity contribution in [3.63, 3.8) is 0 Å². The van der Waals surface area contributed by atoms with Crippen LogP contribution in [-0.2, 0) is 4.74 Å². The normalized spacial score (nSPS) is 10.1. The first kappa shape index (κ1) is 10.8. The van der Waals surface area contributed by atoms with Crippen LogP contribution >= 0.6 is 11.8 Å². The van der Waals surface area contributed by atoms with Crippen LogP contribution in [0.25, 0.3) is 0 Å². The Kier molecular flexibility index (Phi) is 3.26. The second kappa shape index (κ2) is 4.85. The number of hydrogen-bond donors (Lipinski definition) is 0. The summed E-state index contributed by atoms with van der Waals surface area (Å²) in [6.45, 7) is 0. The fourth-order valence-corrected chi connectivity index (χ4v) is 2.00. The number of benzene rings is 1. The summed E-state index contributed by atoms with van der Waals surface area (Å²) < 4.78 is 9.80. The van der Waals surface area contributed by atoms with Crippen LogP contribution in [0.15, 0.2) is 51.3 Å². The maximum Gasteiger partial charge on any atom is 0.339 e.